The standard InChI is InChI=1S/C13H15N3O3/c1-19-11(17)13(4-5-13)10(14)7-2-3-8-9(6-7)16-12(18)15-8/h2-3,6,10H,4-5,14H2,1H3,(H2,15,16,18). The van der Waals surface area contributed by atoms with E-state index in [2.05, 4.69) is 9.97 Å². The molecule has 19 heavy (non-hydrogen) atoms. The predicted molar refractivity (Wildman–Crippen MR) is 69.5 cm³/mol. The van der Waals surface area contributed by atoms with Gasteiger partial charge in [0.1, 0.15) is 0 Å². The molecule has 1 unspecified atom stereocenters. The SMILES string of the molecule is COC(=O)C1(C(N)c2ccc3[nH]c(=O)[nH]c3c2)CC1. The maximum absolute atomic E-state index is 11.8. The lowest BCUT2D eigenvalue weighted by Gasteiger charge is -2.21. The lowest BCUT2D eigenvalue weighted by Crippen LogP contribution is -2.31. The molecule has 1 aromatic carbocycles. The summed E-state index contributed by atoms with van der Waals surface area (Å²) < 4.78 is 4.83. The molecular weight excluding hydrogens is 246 g/mol. The summed E-state index contributed by atoms with van der Waals surface area (Å²) in [5, 5.41) is 0. The zero-order valence-electron chi connectivity index (χ0n) is 10.5. The number of hydrogen-bond donors (Lipinski definition) is 3. The molecule has 4 N–H and O–H groups in total. The van der Waals surface area contributed by atoms with Gasteiger partial charge in [0.25, 0.3) is 0 Å². The van der Waals surface area contributed by atoms with Crippen LogP contribution in [0.4, 0.5) is 0 Å². The van der Waals surface area contributed by atoms with E-state index in [1.54, 1.807) is 12.1 Å². The fourth-order valence-electron chi connectivity index (χ4n) is 2.54. The number of carbonyl (C=O) groups excluding carboxylic acids is 1. The number of imidazole rings is 1. The van der Waals surface area contributed by atoms with E-state index in [4.69, 9.17) is 10.5 Å². The monoisotopic (exact) mass is 261 g/mol. The first-order valence-corrected chi connectivity index (χ1v) is 6.13. The molecule has 1 atom stereocenters. The Kier molecular flexibility index (Phi) is 2.50. The molecule has 1 aromatic heterocycles. The van der Waals surface area contributed by atoms with Crippen molar-refractivity contribution >= 4 is 17.0 Å². The molecule has 0 amide bonds. The van der Waals surface area contributed by atoms with Crippen molar-refractivity contribution < 1.29 is 9.53 Å². The molecule has 0 aliphatic heterocycles. The Labute approximate surface area is 109 Å². The number of aromatic nitrogens is 2. The van der Waals surface area contributed by atoms with Crippen LogP contribution in [0, 0.1) is 5.41 Å². The number of esters is 1. The molecule has 1 aliphatic carbocycles. The van der Waals surface area contributed by atoms with Gasteiger partial charge in [-0.2, -0.15) is 0 Å². The smallest absolute Gasteiger partial charge is 0.323 e. The van der Waals surface area contributed by atoms with Crippen molar-refractivity contribution in [1.29, 1.82) is 0 Å². The molecule has 1 heterocycles. The van der Waals surface area contributed by atoms with E-state index in [1.807, 2.05) is 6.07 Å². The fourth-order valence-corrected chi connectivity index (χ4v) is 2.54. The van der Waals surface area contributed by atoms with Crippen LogP contribution in [0.15, 0.2) is 23.0 Å². The summed E-state index contributed by atoms with van der Waals surface area (Å²) in [4.78, 5) is 28.4. The van der Waals surface area contributed by atoms with Crippen molar-refractivity contribution in [1.82, 2.24) is 9.97 Å². The number of ether oxygens (including phenoxy) is 1. The van der Waals surface area contributed by atoms with Crippen molar-refractivity contribution in [2.45, 2.75) is 18.9 Å². The van der Waals surface area contributed by atoms with Crippen molar-refractivity contribution in [3.8, 4) is 0 Å². The third-order valence-electron chi connectivity index (χ3n) is 3.88. The highest BCUT2D eigenvalue weighted by Crippen LogP contribution is 2.54. The van der Waals surface area contributed by atoms with Gasteiger partial charge in [-0.15, -0.1) is 0 Å². The normalized spacial score (nSPS) is 18.2. The Morgan fingerprint density at radius 3 is 2.68 bits per heavy atom. The van der Waals surface area contributed by atoms with Crippen LogP contribution in [0.5, 0.6) is 0 Å². The molecule has 6 nitrogen and oxygen atoms in total. The van der Waals surface area contributed by atoms with Crippen LogP contribution >= 0.6 is 0 Å². The summed E-state index contributed by atoms with van der Waals surface area (Å²) in [6.07, 6.45) is 1.48. The summed E-state index contributed by atoms with van der Waals surface area (Å²) >= 11 is 0. The summed E-state index contributed by atoms with van der Waals surface area (Å²) in [6.45, 7) is 0. The molecule has 2 aromatic rings. The van der Waals surface area contributed by atoms with Crippen molar-refractivity contribution in [3.05, 3.63) is 34.2 Å². The Hall–Kier alpha value is -2.08. The zero-order chi connectivity index (χ0) is 13.6. The number of nitrogens with two attached hydrogens (primary N) is 1. The predicted octanol–water partition coefficient (Wildman–Crippen LogP) is 0.809. The number of fused-ring (bicyclic) bond motifs is 1. The third-order valence-corrected chi connectivity index (χ3v) is 3.88. The molecule has 100 valence electrons. The topological polar surface area (TPSA) is 101 Å². The van der Waals surface area contributed by atoms with Gasteiger partial charge < -0.3 is 20.4 Å². The molecule has 1 aliphatic rings. The average molecular weight is 261 g/mol. The first-order valence-electron chi connectivity index (χ1n) is 6.13. The van der Waals surface area contributed by atoms with Gasteiger partial charge in [-0.1, -0.05) is 6.07 Å². The molecule has 3 rings (SSSR count). The summed E-state index contributed by atoms with van der Waals surface area (Å²) in [6, 6.07) is 5.01. The van der Waals surface area contributed by atoms with Crippen LogP contribution in [-0.2, 0) is 9.53 Å². The molecule has 0 spiro atoms. The molecular formula is C13H15N3O3. The van der Waals surface area contributed by atoms with Gasteiger partial charge in [0.15, 0.2) is 0 Å². The van der Waals surface area contributed by atoms with E-state index in [-0.39, 0.29) is 11.7 Å². The molecule has 0 bridgehead atoms. The van der Waals surface area contributed by atoms with E-state index in [0.717, 1.165) is 23.9 Å². The number of carbonyl (C=O) groups is 1. The zero-order valence-corrected chi connectivity index (χ0v) is 10.5. The van der Waals surface area contributed by atoms with Gasteiger partial charge in [-0.05, 0) is 30.5 Å². The highest BCUT2D eigenvalue weighted by atomic mass is 16.5. The van der Waals surface area contributed by atoms with E-state index in [9.17, 15) is 9.59 Å². The Morgan fingerprint density at radius 1 is 1.37 bits per heavy atom. The van der Waals surface area contributed by atoms with Gasteiger partial charge in [-0.25, -0.2) is 4.79 Å². The largest absolute Gasteiger partial charge is 0.469 e. The summed E-state index contributed by atoms with van der Waals surface area (Å²) in [7, 11) is 1.38. The van der Waals surface area contributed by atoms with Gasteiger partial charge in [0.2, 0.25) is 0 Å². The molecule has 6 heteroatoms. The van der Waals surface area contributed by atoms with E-state index >= 15 is 0 Å². The minimum absolute atomic E-state index is 0.255. The molecule has 1 fully saturated rings. The minimum atomic E-state index is -0.598. The quantitative estimate of drug-likeness (QED) is 0.711. The maximum atomic E-state index is 11.8. The summed E-state index contributed by atoms with van der Waals surface area (Å²) in [5.74, 6) is -0.261. The highest BCUT2D eigenvalue weighted by molar-refractivity contribution is 5.82. The first-order chi connectivity index (χ1) is 9.06. The van der Waals surface area contributed by atoms with Crippen LogP contribution in [0.2, 0.25) is 0 Å². The van der Waals surface area contributed by atoms with Crippen molar-refractivity contribution in [2.24, 2.45) is 11.1 Å². The van der Waals surface area contributed by atoms with Gasteiger partial charge >= 0.3 is 11.7 Å². The average Bonchev–Trinajstić information content (AvgIpc) is 3.13. The van der Waals surface area contributed by atoms with E-state index in [0.29, 0.717) is 5.52 Å². The molecule has 0 radical (unpaired) electrons. The molecule has 0 saturated heterocycles. The van der Waals surface area contributed by atoms with Crippen LogP contribution in [0.25, 0.3) is 11.0 Å². The molecule has 1 saturated carbocycles. The second-order valence-corrected chi connectivity index (χ2v) is 5.01. The lowest BCUT2D eigenvalue weighted by atomic mass is 9.90. The van der Waals surface area contributed by atoms with Crippen LogP contribution in [-0.4, -0.2) is 23.0 Å². The number of methoxy groups -OCH3 is 1. The highest BCUT2D eigenvalue weighted by Gasteiger charge is 2.56. The first kappa shape index (κ1) is 12.0. The van der Waals surface area contributed by atoms with Gasteiger partial charge in [0.05, 0.1) is 23.6 Å². The maximum Gasteiger partial charge on any atom is 0.323 e. The Morgan fingerprint density at radius 2 is 2.05 bits per heavy atom. The Balaban J connectivity index is 2.00. The van der Waals surface area contributed by atoms with E-state index < -0.39 is 11.5 Å². The van der Waals surface area contributed by atoms with Crippen LogP contribution < -0.4 is 11.4 Å². The van der Waals surface area contributed by atoms with Gasteiger partial charge in [-0.3, -0.25) is 4.79 Å². The fraction of sp³-hybridized carbons (Fsp3) is 0.385. The van der Waals surface area contributed by atoms with Crippen LogP contribution in [0.3, 0.4) is 0 Å². The number of hydrogen-bond acceptors (Lipinski definition) is 4. The number of H-pyrrole nitrogens is 2. The minimum Gasteiger partial charge on any atom is -0.469 e. The summed E-state index contributed by atoms with van der Waals surface area (Å²) in [5.41, 5.74) is 7.60. The van der Waals surface area contributed by atoms with Crippen molar-refractivity contribution in [3.63, 3.8) is 0 Å². The number of aromatic amines is 2. The number of benzene rings is 1. The number of nitrogens with one attached hydrogen (secondary N) is 2. The van der Waals surface area contributed by atoms with Crippen molar-refractivity contribution in [2.75, 3.05) is 7.11 Å². The number of rotatable bonds is 3. The van der Waals surface area contributed by atoms with Gasteiger partial charge in [0, 0.05) is 6.04 Å². The Bertz CT molecular complexity index is 696. The second-order valence-electron chi connectivity index (χ2n) is 5.01. The van der Waals surface area contributed by atoms with E-state index in [1.165, 1.54) is 7.11 Å². The second kappa shape index (κ2) is 3.96. The third kappa shape index (κ3) is 1.76. The van der Waals surface area contributed by atoms with Crippen LogP contribution in [0.1, 0.15) is 24.4 Å². The lowest BCUT2D eigenvalue weighted by molar-refractivity contribution is -0.148.